The van der Waals surface area contributed by atoms with Crippen molar-refractivity contribution in [3.8, 4) is 0 Å². The van der Waals surface area contributed by atoms with Crippen molar-refractivity contribution in [3.63, 3.8) is 0 Å². The maximum Gasteiger partial charge on any atom is 0.344 e. The molecule has 0 bridgehead atoms. The minimum Gasteiger partial charge on any atom is -0.370 e. The number of sulfonamides is 1. The summed E-state index contributed by atoms with van der Waals surface area (Å²) >= 11 is 6.48. The number of piperazine rings is 1. The van der Waals surface area contributed by atoms with E-state index >= 15 is 0 Å². The molecule has 4 rings (SSSR count). The number of rotatable bonds is 6. The van der Waals surface area contributed by atoms with Gasteiger partial charge in [-0.05, 0) is 30.5 Å². The van der Waals surface area contributed by atoms with E-state index in [1.54, 1.807) is 4.90 Å². The Kier molecular flexibility index (Phi) is 7.53. The molecule has 11 nitrogen and oxygen atoms in total. The lowest BCUT2D eigenvalue weighted by Gasteiger charge is -2.35. The number of aromatic nitrogens is 2. The van der Waals surface area contributed by atoms with Crippen LogP contribution in [-0.2, 0) is 21.4 Å². The first-order valence-corrected chi connectivity index (χ1v) is 13.7. The highest BCUT2D eigenvalue weighted by Crippen LogP contribution is 2.31. The van der Waals surface area contributed by atoms with Gasteiger partial charge in [0.15, 0.2) is 5.82 Å². The Morgan fingerprint density at radius 3 is 2.43 bits per heavy atom. The van der Waals surface area contributed by atoms with Crippen LogP contribution >= 0.6 is 11.6 Å². The molecule has 3 heterocycles. The Balaban J connectivity index is 1.32. The van der Waals surface area contributed by atoms with Crippen LogP contribution in [0, 0.1) is 5.92 Å². The van der Waals surface area contributed by atoms with Gasteiger partial charge in [0.1, 0.15) is 0 Å². The predicted molar refractivity (Wildman–Crippen MR) is 134 cm³/mol. The van der Waals surface area contributed by atoms with Crippen molar-refractivity contribution in [2.75, 3.05) is 55.1 Å². The molecule has 1 aromatic carbocycles. The van der Waals surface area contributed by atoms with Gasteiger partial charge in [0, 0.05) is 64.0 Å². The van der Waals surface area contributed by atoms with E-state index in [1.807, 2.05) is 12.1 Å². The van der Waals surface area contributed by atoms with E-state index in [0.717, 1.165) is 54.7 Å². The third-order valence-corrected chi connectivity index (χ3v) is 7.27. The fraction of sp³-hybridized carbons (Fsp3) is 0.500. The highest BCUT2D eigenvalue weighted by Gasteiger charge is 2.26. The number of benzene rings is 1. The summed E-state index contributed by atoms with van der Waals surface area (Å²) in [5.41, 5.74) is 7.55. The van der Waals surface area contributed by atoms with Crippen LogP contribution in [0.2, 0.25) is 5.02 Å². The monoisotopic (exact) mass is 523 g/mol. The second-order valence-corrected chi connectivity index (χ2v) is 11.2. The molecule has 190 valence electrons. The summed E-state index contributed by atoms with van der Waals surface area (Å²) in [4.78, 5) is 30.4. The molecule has 2 saturated heterocycles. The third kappa shape index (κ3) is 6.44. The summed E-state index contributed by atoms with van der Waals surface area (Å²) in [6, 6.07) is 7.18. The number of halogens is 1. The van der Waals surface area contributed by atoms with E-state index in [0.29, 0.717) is 31.2 Å². The molecule has 0 aliphatic carbocycles. The fourth-order valence-electron chi connectivity index (χ4n) is 4.48. The average molecular weight is 524 g/mol. The minimum absolute atomic E-state index is 0.0727. The van der Waals surface area contributed by atoms with Crippen molar-refractivity contribution in [3.05, 3.63) is 41.0 Å². The molecular formula is C22H30ClN7O4S. The molecule has 0 spiro atoms. The third-order valence-electron chi connectivity index (χ3n) is 6.37. The molecule has 13 heteroatoms. The Labute approximate surface area is 209 Å². The lowest BCUT2D eigenvalue weighted by atomic mass is 9.96. The van der Waals surface area contributed by atoms with Crippen molar-refractivity contribution < 1.29 is 18.0 Å². The zero-order valence-electron chi connectivity index (χ0n) is 19.6. The van der Waals surface area contributed by atoms with Gasteiger partial charge >= 0.3 is 6.03 Å². The van der Waals surface area contributed by atoms with Gasteiger partial charge in [0.05, 0.1) is 17.0 Å². The Morgan fingerprint density at radius 2 is 1.80 bits per heavy atom. The number of nitrogens with one attached hydrogen (secondary N) is 1. The van der Waals surface area contributed by atoms with Crippen LogP contribution in [0.4, 0.5) is 16.3 Å². The lowest BCUT2D eigenvalue weighted by molar-refractivity contribution is -0.122. The van der Waals surface area contributed by atoms with Crippen LogP contribution < -0.4 is 15.4 Å². The number of piperidine rings is 1. The number of hydrogen-bond donors (Lipinski definition) is 2. The maximum atomic E-state index is 12.7. The predicted octanol–water partition coefficient (Wildman–Crippen LogP) is 1.40. The number of anilines is 2. The van der Waals surface area contributed by atoms with Gasteiger partial charge in [-0.2, -0.15) is 4.68 Å². The number of primary amides is 1. The van der Waals surface area contributed by atoms with E-state index < -0.39 is 10.0 Å². The second kappa shape index (κ2) is 10.4. The molecule has 35 heavy (non-hydrogen) atoms. The van der Waals surface area contributed by atoms with Crippen LogP contribution in [0.3, 0.4) is 0 Å². The van der Waals surface area contributed by atoms with Crippen LogP contribution in [0.5, 0.6) is 0 Å². The summed E-state index contributed by atoms with van der Waals surface area (Å²) in [6.45, 7) is 4.68. The highest BCUT2D eigenvalue weighted by molar-refractivity contribution is 7.92. The van der Waals surface area contributed by atoms with Crippen molar-refractivity contribution in [2.24, 2.45) is 11.7 Å². The van der Waals surface area contributed by atoms with Crippen LogP contribution in [-0.4, -0.2) is 85.5 Å². The summed E-state index contributed by atoms with van der Waals surface area (Å²) in [5, 5.41) is 4.70. The van der Waals surface area contributed by atoms with E-state index in [1.165, 1.54) is 12.3 Å². The molecule has 0 atom stereocenters. The van der Waals surface area contributed by atoms with E-state index in [-0.39, 0.29) is 23.7 Å². The molecule has 2 aliphatic rings. The molecule has 2 fully saturated rings. The van der Waals surface area contributed by atoms with Gasteiger partial charge < -0.3 is 15.5 Å². The normalized spacial score (nSPS) is 18.0. The van der Waals surface area contributed by atoms with Gasteiger partial charge in [-0.15, -0.1) is 5.10 Å². The number of nitrogens with zero attached hydrogens (tertiary/aromatic N) is 5. The molecule has 2 aromatic rings. The maximum absolute atomic E-state index is 12.7. The first-order valence-electron chi connectivity index (χ1n) is 11.5. The van der Waals surface area contributed by atoms with Crippen LogP contribution in [0.1, 0.15) is 18.4 Å². The summed E-state index contributed by atoms with van der Waals surface area (Å²) in [6.07, 6.45) is 3.94. The number of nitrogens with two attached hydrogens (primary N) is 1. The van der Waals surface area contributed by atoms with Gasteiger partial charge in [0.25, 0.3) is 0 Å². The second-order valence-electron chi connectivity index (χ2n) is 9.02. The Morgan fingerprint density at radius 1 is 1.11 bits per heavy atom. The smallest absolute Gasteiger partial charge is 0.344 e. The first-order chi connectivity index (χ1) is 16.6. The van der Waals surface area contributed by atoms with E-state index in [4.69, 9.17) is 17.3 Å². The van der Waals surface area contributed by atoms with Crippen LogP contribution in [0.25, 0.3) is 0 Å². The zero-order chi connectivity index (χ0) is 25.2. The molecule has 2 aliphatic heterocycles. The minimum atomic E-state index is -3.46. The molecule has 3 N–H and O–H groups in total. The molecular weight excluding hydrogens is 494 g/mol. The SMILES string of the molecule is CS(=O)(=O)Nc1ccn(C(=O)N2CCN(Cc3ccc(Cl)c(N4CCC(C(N)=O)CC4)c3)CC2)n1. The van der Waals surface area contributed by atoms with Crippen molar-refractivity contribution in [2.45, 2.75) is 19.4 Å². The van der Waals surface area contributed by atoms with Gasteiger partial charge in [-0.25, -0.2) is 13.2 Å². The number of carbonyl (C=O) groups excluding carboxylic acids is 2. The zero-order valence-corrected chi connectivity index (χ0v) is 21.1. The van der Waals surface area contributed by atoms with Crippen molar-refractivity contribution in [1.29, 1.82) is 0 Å². The standard InChI is InChI=1S/C22H30ClN7O4S/c1-35(33,34)26-20-6-9-30(25-20)22(32)29-12-10-27(11-13-29)15-16-2-3-18(23)19(14-16)28-7-4-17(5-8-28)21(24)31/h2-3,6,9,14,17H,4-5,7-8,10-13,15H2,1H3,(H2,24,31)(H,25,26). The van der Waals surface area contributed by atoms with Crippen molar-refractivity contribution >= 4 is 45.1 Å². The van der Waals surface area contributed by atoms with Crippen LogP contribution in [0.15, 0.2) is 30.5 Å². The quantitative estimate of drug-likeness (QED) is 0.584. The van der Waals surface area contributed by atoms with E-state index in [2.05, 4.69) is 25.7 Å². The lowest BCUT2D eigenvalue weighted by Crippen LogP contribution is -2.49. The fourth-order valence-corrected chi connectivity index (χ4v) is 5.20. The summed E-state index contributed by atoms with van der Waals surface area (Å²) < 4.78 is 26.1. The molecule has 2 amide bonds. The topological polar surface area (TPSA) is 134 Å². The Hall–Kier alpha value is -2.83. The number of amides is 2. The van der Waals surface area contributed by atoms with Gasteiger partial charge in [-0.1, -0.05) is 17.7 Å². The average Bonchev–Trinajstić information content (AvgIpc) is 3.27. The van der Waals surface area contributed by atoms with Crippen molar-refractivity contribution in [1.82, 2.24) is 19.6 Å². The molecule has 1 aromatic heterocycles. The summed E-state index contributed by atoms with van der Waals surface area (Å²) in [5.74, 6) is -0.200. The number of hydrogen-bond acceptors (Lipinski definition) is 7. The first kappa shape index (κ1) is 25.3. The number of carbonyl (C=O) groups is 2. The molecule has 0 radical (unpaired) electrons. The molecule has 0 unspecified atom stereocenters. The largest absolute Gasteiger partial charge is 0.370 e. The highest BCUT2D eigenvalue weighted by atomic mass is 35.5. The summed E-state index contributed by atoms with van der Waals surface area (Å²) in [7, 11) is -3.46. The molecule has 0 saturated carbocycles. The van der Waals surface area contributed by atoms with E-state index in [9.17, 15) is 18.0 Å². The van der Waals surface area contributed by atoms with Gasteiger partial charge in [0.2, 0.25) is 15.9 Å². The Bertz CT molecular complexity index is 1190. The van der Waals surface area contributed by atoms with Gasteiger partial charge in [-0.3, -0.25) is 14.4 Å².